The van der Waals surface area contributed by atoms with Crippen LogP contribution in [0.25, 0.3) is 0 Å². The van der Waals surface area contributed by atoms with E-state index in [9.17, 15) is 4.79 Å². The Hall–Kier alpha value is -2.30. The maximum Gasteiger partial charge on any atom is 0.236 e. The quantitative estimate of drug-likeness (QED) is 0.870. The van der Waals surface area contributed by atoms with Crippen molar-refractivity contribution in [2.24, 2.45) is 7.05 Å². The predicted molar refractivity (Wildman–Crippen MR) is 83.6 cm³/mol. The lowest BCUT2D eigenvalue weighted by molar-refractivity contribution is -0.131. The number of ether oxygens (including phenoxy) is 1. The van der Waals surface area contributed by atoms with E-state index in [1.54, 1.807) is 7.11 Å². The van der Waals surface area contributed by atoms with E-state index in [1.165, 1.54) is 0 Å². The van der Waals surface area contributed by atoms with Gasteiger partial charge in [0.25, 0.3) is 0 Å². The standard InChI is InChI=1S/C17H21N3O2/c1-19-15-12-20(10-6-9-14(15)17(18-19)22-2)16(21)11-13-7-4-3-5-8-13/h3-5,7-8H,6,9-12H2,1-2H3. The first-order chi connectivity index (χ1) is 10.7. The largest absolute Gasteiger partial charge is 0.480 e. The molecule has 116 valence electrons. The van der Waals surface area contributed by atoms with Crippen LogP contribution in [0.2, 0.25) is 0 Å². The van der Waals surface area contributed by atoms with Gasteiger partial charge >= 0.3 is 0 Å². The molecule has 0 saturated carbocycles. The SMILES string of the molecule is COc1nn(C)c2c1CCCN(C(=O)Cc1ccccc1)C2. The van der Waals surface area contributed by atoms with Crippen LogP contribution < -0.4 is 4.74 Å². The molecule has 0 aliphatic carbocycles. The molecule has 0 fully saturated rings. The molecule has 0 unspecified atom stereocenters. The summed E-state index contributed by atoms with van der Waals surface area (Å²) in [5.41, 5.74) is 3.27. The number of benzene rings is 1. The molecule has 3 rings (SSSR count). The van der Waals surface area contributed by atoms with E-state index < -0.39 is 0 Å². The van der Waals surface area contributed by atoms with E-state index in [0.717, 1.165) is 36.2 Å². The van der Waals surface area contributed by atoms with Crippen LogP contribution in [-0.2, 0) is 31.2 Å². The summed E-state index contributed by atoms with van der Waals surface area (Å²) in [6.07, 6.45) is 2.29. The number of fused-ring (bicyclic) bond motifs is 1. The molecule has 22 heavy (non-hydrogen) atoms. The second-order valence-corrected chi connectivity index (χ2v) is 5.64. The highest BCUT2D eigenvalue weighted by Gasteiger charge is 2.25. The van der Waals surface area contributed by atoms with Gasteiger partial charge in [-0.15, -0.1) is 5.10 Å². The van der Waals surface area contributed by atoms with Gasteiger partial charge in [0.1, 0.15) is 0 Å². The van der Waals surface area contributed by atoms with Crippen LogP contribution in [0.3, 0.4) is 0 Å². The number of aryl methyl sites for hydroxylation is 1. The molecule has 1 aromatic heterocycles. The molecule has 2 heterocycles. The number of hydrogen-bond acceptors (Lipinski definition) is 3. The predicted octanol–water partition coefficient (Wildman–Crippen LogP) is 1.95. The van der Waals surface area contributed by atoms with Crippen molar-refractivity contribution in [3.05, 3.63) is 47.2 Å². The average Bonchev–Trinajstić information content (AvgIpc) is 2.71. The molecular formula is C17H21N3O2. The van der Waals surface area contributed by atoms with Crippen molar-refractivity contribution in [3.63, 3.8) is 0 Å². The van der Waals surface area contributed by atoms with Gasteiger partial charge in [0.2, 0.25) is 11.8 Å². The third-order valence-corrected chi connectivity index (χ3v) is 4.18. The zero-order valence-corrected chi connectivity index (χ0v) is 13.1. The molecular weight excluding hydrogens is 278 g/mol. The van der Waals surface area contributed by atoms with Crippen LogP contribution in [0.1, 0.15) is 23.2 Å². The van der Waals surface area contributed by atoms with Gasteiger partial charge < -0.3 is 9.64 Å². The lowest BCUT2D eigenvalue weighted by atomic mass is 10.1. The van der Waals surface area contributed by atoms with Gasteiger partial charge in [-0.1, -0.05) is 30.3 Å². The smallest absolute Gasteiger partial charge is 0.236 e. The number of methoxy groups -OCH3 is 1. The molecule has 5 heteroatoms. The minimum Gasteiger partial charge on any atom is -0.480 e. The van der Waals surface area contributed by atoms with Crippen LogP contribution in [0.4, 0.5) is 0 Å². The molecule has 1 aliphatic heterocycles. The van der Waals surface area contributed by atoms with E-state index in [1.807, 2.05) is 47.0 Å². The normalized spacial score (nSPS) is 14.4. The van der Waals surface area contributed by atoms with E-state index in [0.29, 0.717) is 18.8 Å². The van der Waals surface area contributed by atoms with E-state index in [-0.39, 0.29) is 5.91 Å². The van der Waals surface area contributed by atoms with Gasteiger partial charge in [-0.2, -0.15) is 0 Å². The lowest BCUT2D eigenvalue weighted by Crippen LogP contribution is -2.32. The van der Waals surface area contributed by atoms with Gasteiger partial charge in [-0.05, 0) is 18.4 Å². The number of hydrogen-bond donors (Lipinski definition) is 0. The summed E-state index contributed by atoms with van der Waals surface area (Å²) < 4.78 is 7.18. The number of amides is 1. The first-order valence-corrected chi connectivity index (χ1v) is 7.59. The molecule has 0 spiro atoms. The van der Waals surface area contributed by atoms with Crippen molar-refractivity contribution < 1.29 is 9.53 Å². The Morgan fingerprint density at radius 2 is 2.09 bits per heavy atom. The van der Waals surface area contributed by atoms with Crippen molar-refractivity contribution in [1.82, 2.24) is 14.7 Å². The van der Waals surface area contributed by atoms with Crippen LogP contribution in [0.5, 0.6) is 5.88 Å². The van der Waals surface area contributed by atoms with E-state index in [2.05, 4.69) is 5.10 Å². The van der Waals surface area contributed by atoms with Gasteiger partial charge in [0.05, 0.1) is 25.8 Å². The molecule has 1 aromatic carbocycles. The summed E-state index contributed by atoms with van der Waals surface area (Å²) in [5.74, 6) is 0.856. The number of rotatable bonds is 3. The number of carbonyl (C=O) groups excluding carboxylic acids is 1. The van der Waals surface area contributed by atoms with Crippen LogP contribution in [0, 0.1) is 0 Å². The number of carbonyl (C=O) groups is 1. The highest BCUT2D eigenvalue weighted by molar-refractivity contribution is 5.78. The highest BCUT2D eigenvalue weighted by Crippen LogP contribution is 2.26. The average molecular weight is 299 g/mol. The Bertz CT molecular complexity index is 664. The maximum atomic E-state index is 12.6. The molecule has 0 saturated heterocycles. The zero-order chi connectivity index (χ0) is 15.5. The third kappa shape index (κ3) is 2.84. The summed E-state index contributed by atoms with van der Waals surface area (Å²) in [7, 11) is 3.55. The Morgan fingerprint density at radius 1 is 1.32 bits per heavy atom. The molecule has 5 nitrogen and oxygen atoms in total. The Morgan fingerprint density at radius 3 is 2.82 bits per heavy atom. The highest BCUT2D eigenvalue weighted by atomic mass is 16.5. The van der Waals surface area contributed by atoms with Crippen LogP contribution in [0.15, 0.2) is 30.3 Å². The van der Waals surface area contributed by atoms with E-state index >= 15 is 0 Å². The molecule has 0 atom stereocenters. The maximum absolute atomic E-state index is 12.6. The van der Waals surface area contributed by atoms with Crippen molar-refractivity contribution >= 4 is 5.91 Å². The third-order valence-electron chi connectivity index (χ3n) is 4.18. The first-order valence-electron chi connectivity index (χ1n) is 7.59. The minimum atomic E-state index is 0.166. The van der Waals surface area contributed by atoms with Crippen molar-refractivity contribution in [2.75, 3.05) is 13.7 Å². The fourth-order valence-corrected chi connectivity index (χ4v) is 2.99. The van der Waals surface area contributed by atoms with Gasteiger partial charge in [-0.25, -0.2) is 0 Å². The topological polar surface area (TPSA) is 47.4 Å². The second-order valence-electron chi connectivity index (χ2n) is 5.64. The van der Waals surface area contributed by atoms with Gasteiger partial charge in [0, 0.05) is 19.2 Å². The summed E-state index contributed by atoms with van der Waals surface area (Å²) in [6, 6.07) is 9.89. The van der Waals surface area contributed by atoms with Crippen LogP contribution >= 0.6 is 0 Å². The fraction of sp³-hybridized carbons (Fsp3) is 0.412. The van der Waals surface area contributed by atoms with Crippen molar-refractivity contribution in [2.45, 2.75) is 25.8 Å². The summed E-state index contributed by atoms with van der Waals surface area (Å²) >= 11 is 0. The summed E-state index contributed by atoms with van der Waals surface area (Å²) in [5, 5.41) is 4.39. The summed E-state index contributed by atoms with van der Waals surface area (Å²) in [6.45, 7) is 1.39. The molecule has 2 aromatic rings. The Balaban J connectivity index is 1.78. The van der Waals surface area contributed by atoms with Crippen LogP contribution in [-0.4, -0.2) is 34.2 Å². The molecule has 0 N–H and O–H groups in total. The van der Waals surface area contributed by atoms with Gasteiger partial charge in [0.15, 0.2) is 0 Å². The van der Waals surface area contributed by atoms with Crippen molar-refractivity contribution in [1.29, 1.82) is 0 Å². The minimum absolute atomic E-state index is 0.166. The monoisotopic (exact) mass is 299 g/mol. The Kier molecular flexibility index (Phi) is 4.13. The van der Waals surface area contributed by atoms with Crippen molar-refractivity contribution in [3.8, 4) is 5.88 Å². The van der Waals surface area contributed by atoms with Gasteiger partial charge in [-0.3, -0.25) is 9.48 Å². The first kappa shape index (κ1) is 14.6. The lowest BCUT2D eigenvalue weighted by Gasteiger charge is -2.21. The number of aromatic nitrogens is 2. The molecule has 1 amide bonds. The molecule has 0 bridgehead atoms. The summed E-state index contributed by atoms with van der Waals surface area (Å²) in [4.78, 5) is 14.5. The molecule has 1 aliphatic rings. The second kappa shape index (κ2) is 6.22. The van der Waals surface area contributed by atoms with E-state index in [4.69, 9.17) is 4.74 Å². The number of nitrogens with zero attached hydrogens (tertiary/aromatic N) is 3. The molecule has 0 radical (unpaired) electrons. The Labute approximate surface area is 130 Å². The zero-order valence-electron chi connectivity index (χ0n) is 13.1. The fourth-order valence-electron chi connectivity index (χ4n) is 2.99.